The summed E-state index contributed by atoms with van der Waals surface area (Å²) in [6.45, 7) is 3.71. The van der Waals surface area contributed by atoms with Gasteiger partial charge in [0.2, 0.25) is 23.7 Å². The van der Waals surface area contributed by atoms with Crippen molar-refractivity contribution in [3.63, 3.8) is 0 Å². The van der Waals surface area contributed by atoms with Gasteiger partial charge in [-0.1, -0.05) is 23.7 Å². The van der Waals surface area contributed by atoms with Crippen molar-refractivity contribution in [1.29, 1.82) is 0 Å². The van der Waals surface area contributed by atoms with Gasteiger partial charge in [0.05, 0.1) is 23.7 Å². The number of piperazine rings is 2. The molecular weight excluding hydrogens is 446 g/mol. The van der Waals surface area contributed by atoms with Crippen LogP contribution in [-0.4, -0.2) is 89.3 Å². The molecule has 2 aliphatic heterocycles. The molecule has 0 unspecified atom stereocenters. The molecule has 0 saturated carbocycles. The summed E-state index contributed by atoms with van der Waals surface area (Å²) in [6, 6.07) is 7.80. The van der Waals surface area contributed by atoms with E-state index in [2.05, 4.69) is 30.4 Å². The fraction of sp³-hybridized carbons (Fsp3) is 0.409. The molecule has 11 heteroatoms. The van der Waals surface area contributed by atoms with Crippen LogP contribution in [0, 0.1) is 0 Å². The van der Waals surface area contributed by atoms with Gasteiger partial charge in [0.15, 0.2) is 0 Å². The van der Waals surface area contributed by atoms with Crippen molar-refractivity contribution in [2.45, 2.75) is 12.5 Å². The first-order valence-corrected chi connectivity index (χ1v) is 11.2. The maximum Gasteiger partial charge on any atom is 0.243 e. The summed E-state index contributed by atoms with van der Waals surface area (Å²) in [5, 5.41) is 5.88. The zero-order chi connectivity index (χ0) is 23.2. The van der Waals surface area contributed by atoms with Crippen molar-refractivity contribution in [3.8, 4) is 0 Å². The predicted octanol–water partition coefficient (Wildman–Crippen LogP) is 0.608. The Morgan fingerprint density at radius 3 is 2.52 bits per heavy atom. The van der Waals surface area contributed by atoms with Gasteiger partial charge in [-0.15, -0.1) is 0 Å². The van der Waals surface area contributed by atoms with Crippen LogP contribution in [-0.2, 0) is 14.4 Å². The lowest BCUT2D eigenvalue weighted by Crippen LogP contribution is -2.60. The van der Waals surface area contributed by atoms with Gasteiger partial charge in [0, 0.05) is 51.7 Å². The SMILES string of the molecule is O=C(C[C@@H]1C(=O)NCCN1C(=O)CN1CCN(c2ncccn2)CC1)Nc1ccccc1Cl. The highest BCUT2D eigenvalue weighted by molar-refractivity contribution is 6.33. The number of anilines is 2. The van der Waals surface area contributed by atoms with Crippen LogP contribution in [0.1, 0.15) is 6.42 Å². The van der Waals surface area contributed by atoms with E-state index in [4.69, 9.17) is 11.6 Å². The molecule has 0 spiro atoms. The molecule has 2 aliphatic rings. The second-order valence-electron chi connectivity index (χ2n) is 7.94. The third-order valence-electron chi connectivity index (χ3n) is 5.74. The monoisotopic (exact) mass is 471 g/mol. The van der Waals surface area contributed by atoms with Crippen LogP contribution in [0.2, 0.25) is 5.02 Å². The van der Waals surface area contributed by atoms with Gasteiger partial charge in [-0.2, -0.15) is 0 Å². The Bertz CT molecular complexity index is 998. The average Bonchev–Trinajstić information content (AvgIpc) is 2.83. The normalized spacial score (nSPS) is 19.2. The lowest BCUT2D eigenvalue weighted by molar-refractivity contribution is -0.145. The molecule has 3 heterocycles. The third kappa shape index (κ3) is 5.77. The number of para-hydroxylation sites is 1. The molecule has 2 aromatic rings. The Kier molecular flexibility index (Phi) is 7.36. The summed E-state index contributed by atoms with van der Waals surface area (Å²) in [4.78, 5) is 52.4. The summed E-state index contributed by atoms with van der Waals surface area (Å²) >= 11 is 6.10. The molecule has 0 aliphatic carbocycles. The standard InChI is InChI=1S/C22H26ClN7O3/c23-16-4-1-2-5-17(16)27-19(31)14-18-21(33)24-8-9-30(18)20(32)15-28-10-12-29(13-11-28)22-25-6-3-7-26-22/h1-7,18H,8-15H2,(H,24,33)(H,27,31)/t18-/m1/s1. The van der Waals surface area contributed by atoms with Crippen LogP contribution >= 0.6 is 11.6 Å². The van der Waals surface area contributed by atoms with Gasteiger partial charge < -0.3 is 20.4 Å². The van der Waals surface area contributed by atoms with Crippen LogP contribution in [0.4, 0.5) is 11.6 Å². The first kappa shape index (κ1) is 22.9. The number of rotatable bonds is 6. The number of carbonyl (C=O) groups is 3. The van der Waals surface area contributed by atoms with E-state index < -0.39 is 6.04 Å². The number of hydrogen-bond acceptors (Lipinski definition) is 7. The van der Waals surface area contributed by atoms with Crippen molar-refractivity contribution in [2.24, 2.45) is 0 Å². The van der Waals surface area contributed by atoms with E-state index in [0.29, 0.717) is 55.9 Å². The zero-order valence-corrected chi connectivity index (χ0v) is 18.9. The van der Waals surface area contributed by atoms with Gasteiger partial charge in [-0.05, 0) is 18.2 Å². The lowest BCUT2D eigenvalue weighted by atomic mass is 10.1. The Morgan fingerprint density at radius 1 is 1.06 bits per heavy atom. The fourth-order valence-electron chi connectivity index (χ4n) is 4.00. The molecule has 1 aromatic heterocycles. The number of halogens is 1. The number of benzene rings is 1. The number of aromatic nitrogens is 2. The maximum atomic E-state index is 13.1. The van der Waals surface area contributed by atoms with Gasteiger partial charge in [-0.3, -0.25) is 19.3 Å². The number of amides is 3. The first-order valence-electron chi connectivity index (χ1n) is 10.9. The van der Waals surface area contributed by atoms with Gasteiger partial charge in [0.25, 0.3) is 0 Å². The van der Waals surface area contributed by atoms with Gasteiger partial charge in [0.1, 0.15) is 6.04 Å². The van der Waals surface area contributed by atoms with Crippen molar-refractivity contribution in [2.75, 3.05) is 56.0 Å². The molecule has 2 N–H and O–H groups in total. The Morgan fingerprint density at radius 2 is 1.79 bits per heavy atom. The van der Waals surface area contributed by atoms with E-state index in [9.17, 15) is 14.4 Å². The highest BCUT2D eigenvalue weighted by Crippen LogP contribution is 2.21. The molecule has 174 valence electrons. The van der Waals surface area contributed by atoms with Crippen molar-refractivity contribution in [3.05, 3.63) is 47.7 Å². The van der Waals surface area contributed by atoms with Crippen LogP contribution in [0.15, 0.2) is 42.7 Å². The van der Waals surface area contributed by atoms with Crippen molar-refractivity contribution >= 4 is 41.0 Å². The molecule has 10 nitrogen and oxygen atoms in total. The van der Waals surface area contributed by atoms with Crippen LogP contribution in [0.3, 0.4) is 0 Å². The molecule has 2 fully saturated rings. The van der Waals surface area contributed by atoms with E-state index in [1.807, 2.05) is 0 Å². The Hall–Kier alpha value is -3.24. The topological polar surface area (TPSA) is 111 Å². The van der Waals surface area contributed by atoms with Crippen LogP contribution < -0.4 is 15.5 Å². The molecule has 2 saturated heterocycles. The molecular formula is C22H26ClN7O3. The van der Waals surface area contributed by atoms with E-state index in [1.54, 1.807) is 42.7 Å². The molecule has 3 amide bonds. The molecule has 33 heavy (non-hydrogen) atoms. The number of carbonyl (C=O) groups excluding carboxylic acids is 3. The van der Waals surface area contributed by atoms with E-state index in [0.717, 1.165) is 0 Å². The third-order valence-corrected chi connectivity index (χ3v) is 6.07. The van der Waals surface area contributed by atoms with Crippen molar-refractivity contribution < 1.29 is 14.4 Å². The maximum absolute atomic E-state index is 13.1. The highest BCUT2D eigenvalue weighted by Gasteiger charge is 2.35. The summed E-state index contributed by atoms with van der Waals surface area (Å²) in [7, 11) is 0. The predicted molar refractivity (Wildman–Crippen MR) is 124 cm³/mol. The van der Waals surface area contributed by atoms with E-state index in [-0.39, 0.29) is 30.7 Å². The second-order valence-corrected chi connectivity index (χ2v) is 8.35. The Balaban J connectivity index is 1.33. The minimum absolute atomic E-state index is 0.137. The van der Waals surface area contributed by atoms with E-state index >= 15 is 0 Å². The zero-order valence-electron chi connectivity index (χ0n) is 18.1. The fourth-order valence-corrected chi connectivity index (χ4v) is 4.18. The summed E-state index contributed by atoms with van der Waals surface area (Å²) in [6.07, 6.45) is 3.28. The average molecular weight is 472 g/mol. The highest BCUT2D eigenvalue weighted by atomic mass is 35.5. The largest absolute Gasteiger partial charge is 0.353 e. The molecule has 4 rings (SSSR count). The number of nitrogens with one attached hydrogen (secondary N) is 2. The number of hydrogen-bond donors (Lipinski definition) is 2. The molecule has 1 atom stereocenters. The molecule has 1 aromatic carbocycles. The lowest BCUT2D eigenvalue weighted by Gasteiger charge is -2.38. The quantitative estimate of drug-likeness (QED) is 0.635. The number of nitrogens with zero attached hydrogens (tertiary/aromatic N) is 5. The Labute approximate surface area is 196 Å². The van der Waals surface area contributed by atoms with Gasteiger partial charge in [-0.25, -0.2) is 9.97 Å². The molecule has 0 bridgehead atoms. The summed E-state index contributed by atoms with van der Waals surface area (Å²) in [5.41, 5.74) is 0.471. The smallest absolute Gasteiger partial charge is 0.243 e. The van der Waals surface area contributed by atoms with Crippen LogP contribution in [0.5, 0.6) is 0 Å². The van der Waals surface area contributed by atoms with Crippen molar-refractivity contribution in [1.82, 2.24) is 25.1 Å². The minimum Gasteiger partial charge on any atom is -0.353 e. The van der Waals surface area contributed by atoms with Gasteiger partial charge >= 0.3 is 0 Å². The first-order chi connectivity index (χ1) is 16.0. The minimum atomic E-state index is -0.854. The molecule has 0 radical (unpaired) electrons. The summed E-state index contributed by atoms with van der Waals surface area (Å²) < 4.78 is 0. The summed E-state index contributed by atoms with van der Waals surface area (Å²) in [5.74, 6) is -0.181. The second kappa shape index (κ2) is 10.6. The van der Waals surface area contributed by atoms with Crippen LogP contribution in [0.25, 0.3) is 0 Å². The van der Waals surface area contributed by atoms with E-state index in [1.165, 1.54) is 4.90 Å².